The molecule has 0 heterocycles. The van der Waals surface area contributed by atoms with E-state index in [0.717, 1.165) is 11.1 Å². The predicted octanol–water partition coefficient (Wildman–Crippen LogP) is 3.08. The quantitative estimate of drug-likeness (QED) is 0.132. The van der Waals surface area contributed by atoms with E-state index < -0.39 is 59.6 Å². The van der Waals surface area contributed by atoms with Crippen LogP contribution in [-0.4, -0.2) is 71.2 Å². The molecule has 12 heteroatoms. The number of rotatable bonds is 18. The fourth-order valence-corrected chi connectivity index (χ4v) is 4.78. The first-order valence-electron chi connectivity index (χ1n) is 16.1. The van der Waals surface area contributed by atoms with E-state index >= 15 is 0 Å². The monoisotopic (exact) mass is 653 g/mol. The standard InChI is InChI=1S/C35H51N5O7/c1-23(2)20-28(31(42)38-27(33(44)45)18-12-13-19-37-34(46)47-35(3,4)5)40-32(43)29(22-25-16-10-7-11-17-25)39-30(41)26(36)21-24-14-8-6-9-15-24/h6-11,14-17,23,26-29H,12-13,18-22,36H2,1-5H3,(H,37,46)(H,38,42)(H,39,41)(H,40,43)(H,44,45)/t26-,27-,28-,29-/m1/s1. The minimum absolute atomic E-state index is 0.0188. The number of carbonyl (C=O) groups is 5. The van der Waals surface area contributed by atoms with Crippen LogP contribution in [-0.2, 0) is 36.8 Å². The number of amides is 4. The van der Waals surface area contributed by atoms with Crippen LogP contribution in [0.2, 0.25) is 0 Å². The molecule has 0 aliphatic heterocycles. The van der Waals surface area contributed by atoms with Crippen LogP contribution in [0.1, 0.15) is 71.4 Å². The summed E-state index contributed by atoms with van der Waals surface area (Å²) in [5.41, 5.74) is 7.23. The molecule has 12 nitrogen and oxygen atoms in total. The van der Waals surface area contributed by atoms with Crippen molar-refractivity contribution in [1.29, 1.82) is 0 Å². The van der Waals surface area contributed by atoms with Gasteiger partial charge in [0.2, 0.25) is 17.7 Å². The number of nitrogens with two attached hydrogens (primary N) is 1. The normalized spacial score (nSPS) is 13.9. The highest BCUT2D eigenvalue weighted by atomic mass is 16.6. The van der Waals surface area contributed by atoms with Gasteiger partial charge in [0.15, 0.2) is 0 Å². The highest BCUT2D eigenvalue weighted by Gasteiger charge is 2.31. The van der Waals surface area contributed by atoms with E-state index in [-0.39, 0.29) is 38.1 Å². The van der Waals surface area contributed by atoms with Crippen LogP contribution in [0.5, 0.6) is 0 Å². The van der Waals surface area contributed by atoms with E-state index in [1.54, 1.807) is 20.8 Å². The van der Waals surface area contributed by atoms with Gasteiger partial charge in [0.25, 0.3) is 0 Å². The third-order valence-corrected chi connectivity index (χ3v) is 7.09. The van der Waals surface area contributed by atoms with Crippen LogP contribution < -0.4 is 27.0 Å². The Morgan fingerprint density at radius 3 is 1.79 bits per heavy atom. The van der Waals surface area contributed by atoms with Crippen LogP contribution in [0.25, 0.3) is 0 Å². The lowest BCUT2D eigenvalue weighted by Crippen LogP contribution is -2.58. The summed E-state index contributed by atoms with van der Waals surface area (Å²) in [7, 11) is 0. The number of hydrogen-bond donors (Lipinski definition) is 6. The van der Waals surface area contributed by atoms with Crippen LogP contribution in [0.3, 0.4) is 0 Å². The van der Waals surface area contributed by atoms with Crippen molar-refractivity contribution < 1.29 is 33.8 Å². The lowest BCUT2D eigenvalue weighted by Gasteiger charge is -2.26. The largest absolute Gasteiger partial charge is 0.480 e. The molecule has 0 fully saturated rings. The number of unbranched alkanes of at least 4 members (excludes halogenated alkanes) is 1. The maximum atomic E-state index is 13.7. The highest BCUT2D eigenvalue weighted by Crippen LogP contribution is 2.11. The van der Waals surface area contributed by atoms with Crippen LogP contribution in [0.15, 0.2) is 60.7 Å². The minimum Gasteiger partial charge on any atom is -0.480 e. The number of nitrogens with one attached hydrogen (secondary N) is 4. The molecular formula is C35H51N5O7. The highest BCUT2D eigenvalue weighted by molar-refractivity contribution is 5.94. The second kappa shape index (κ2) is 19.3. The topological polar surface area (TPSA) is 189 Å². The van der Waals surface area contributed by atoms with E-state index in [0.29, 0.717) is 12.8 Å². The van der Waals surface area contributed by atoms with Gasteiger partial charge < -0.3 is 36.8 Å². The van der Waals surface area contributed by atoms with Crippen molar-refractivity contribution in [3.63, 3.8) is 0 Å². The third kappa shape index (κ3) is 15.6. The van der Waals surface area contributed by atoms with Gasteiger partial charge in [-0.25, -0.2) is 9.59 Å². The summed E-state index contributed by atoms with van der Waals surface area (Å²) in [6.45, 7) is 9.30. The number of carboxylic acids is 1. The summed E-state index contributed by atoms with van der Waals surface area (Å²) in [4.78, 5) is 64.0. The van der Waals surface area contributed by atoms with E-state index in [1.165, 1.54) is 0 Å². The summed E-state index contributed by atoms with van der Waals surface area (Å²) in [5.74, 6) is -2.97. The molecule has 0 aromatic heterocycles. The van der Waals surface area contributed by atoms with Gasteiger partial charge in [0.05, 0.1) is 6.04 Å². The number of ether oxygens (including phenoxy) is 1. The average Bonchev–Trinajstić information content (AvgIpc) is 2.99. The SMILES string of the molecule is CC(C)C[C@@H](NC(=O)[C@@H](Cc1ccccc1)NC(=O)[C@H](N)Cc1ccccc1)C(=O)N[C@H](CCCCNC(=O)OC(C)(C)C)C(=O)O. The van der Waals surface area contributed by atoms with E-state index in [9.17, 15) is 29.1 Å². The Morgan fingerprint density at radius 2 is 1.26 bits per heavy atom. The van der Waals surface area contributed by atoms with Gasteiger partial charge in [-0.1, -0.05) is 74.5 Å². The third-order valence-electron chi connectivity index (χ3n) is 7.09. The zero-order valence-electron chi connectivity index (χ0n) is 28.1. The van der Waals surface area contributed by atoms with Crippen molar-refractivity contribution in [2.75, 3.05) is 6.54 Å². The first-order chi connectivity index (χ1) is 22.1. The molecule has 2 aromatic carbocycles. The fourth-order valence-electron chi connectivity index (χ4n) is 4.78. The van der Waals surface area contributed by atoms with Crippen molar-refractivity contribution in [3.8, 4) is 0 Å². The number of carboxylic acid groups (broad SMARTS) is 1. The molecule has 0 saturated heterocycles. The Balaban J connectivity index is 2.08. The first-order valence-corrected chi connectivity index (χ1v) is 16.1. The second-order valence-electron chi connectivity index (χ2n) is 13.1. The zero-order chi connectivity index (χ0) is 35.0. The van der Waals surface area contributed by atoms with E-state index in [4.69, 9.17) is 10.5 Å². The van der Waals surface area contributed by atoms with Crippen molar-refractivity contribution in [1.82, 2.24) is 21.3 Å². The van der Waals surface area contributed by atoms with Crippen LogP contribution >= 0.6 is 0 Å². The van der Waals surface area contributed by atoms with Gasteiger partial charge in [-0.2, -0.15) is 0 Å². The Kier molecular flexibility index (Phi) is 15.9. The Morgan fingerprint density at radius 1 is 0.745 bits per heavy atom. The average molecular weight is 654 g/mol. The van der Waals surface area contributed by atoms with Crippen molar-refractivity contribution in [2.45, 2.75) is 103 Å². The first kappa shape index (κ1) is 38.7. The molecule has 47 heavy (non-hydrogen) atoms. The molecular weight excluding hydrogens is 602 g/mol. The minimum atomic E-state index is -1.21. The maximum absolute atomic E-state index is 13.7. The number of hydrogen-bond acceptors (Lipinski definition) is 7. The lowest BCUT2D eigenvalue weighted by molar-refractivity contribution is -0.142. The molecule has 2 rings (SSSR count). The molecule has 4 atom stereocenters. The van der Waals surface area contributed by atoms with Gasteiger partial charge in [-0.05, 0) is 69.9 Å². The zero-order valence-corrected chi connectivity index (χ0v) is 28.1. The van der Waals surface area contributed by atoms with Gasteiger partial charge in [-0.15, -0.1) is 0 Å². The molecule has 0 bridgehead atoms. The Labute approximate surface area is 277 Å². The number of carbonyl (C=O) groups excluding carboxylic acids is 4. The second-order valence-corrected chi connectivity index (χ2v) is 13.1. The molecule has 258 valence electrons. The molecule has 0 aliphatic rings. The summed E-state index contributed by atoms with van der Waals surface area (Å²) in [6.07, 6.45) is 1.10. The summed E-state index contributed by atoms with van der Waals surface area (Å²) < 4.78 is 5.19. The molecule has 0 unspecified atom stereocenters. The molecule has 0 aliphatic carbocycles. The van der Waals surface area contributed by atoms with Crippen molar-refractivity contribution in [2.24, 2.45) is 11.7 Å². The van der Waals surface area contributed by atoms with Crippen molar-refractivity contribution in [3.05, 3.63) is 71.8 Å². The maximum Gasteiger partial charge on any atom is 0.407 e. The lowest BCUT2D eigenvalue weighted by atomic mass is 10.00. The molecule has 0 radical (unpaired) electrons. The van der Waals surface area contributed by atoms with E-state index in [1.807, 2.05) is 74.5 Å². The van der Waals surface area contributed by atoms with Crippen LogP contribution in [0, 0.1) is 5.92 Å². The van der Waals surface area contributed by atoms with Crippen molar-refractivity contribution >= 4 is 29.8 Å². The summed E-state index contributed by atoms with van der Waals surface area (Å²) >= 11 is 0. The number of aliphatic carboxylic acids is 1. The van der Waals surface area contributed by atoms with E-state index in [2.05, 4.69) is 21.3 Å². The summed E-state index contributed by atoms with van der Waals surface area (Å²) in [5, 5.41) is 20.5. The molecule has 2 aromatic rings. The predicted molar refractivity (Wildman–Crippen MR) is 179 cm³/mol. The smallest absolute Gasteiger partial charge is 0.407 e. The van der Waals surface area contributed by atoms with Gasteiger partial charge in [0.1, 0.15) is 23.7 Å². The molecule has 0 saturated carbocycles. The summed E-state index contributed by atoms with van der Waals surface area (Å²) in [6, 6.07) is 14.2. The van der Waals surface area contributed by atoms with Gasteiger partial charge >= 0.3 is 12.1 Å². The Hall–Kier alpha value is -4.45. The fraction of sp³-hybridized carbons (Fsp3) is 0.514. The molecule has 7 N–H and O–H groups in total. The Bertz CT molecular complexity index is 1300. The van der Waals surface area contributed by atoms with Crippen LogP contribution in [0.4, 0.5) is 4.79 Å². The number of benzene rings is 2. The number of alkyl carbamates (subject to hydrolysis) is 1. The molecule has 0 spiro atoms. The molecule has 4 amide bonds. The van der Waals surface area contributed by atoms with Gasteiger partial charge in [0, 0.05) is 13.0 Å². The van der Waals surface area contributed by atoms with Gasteiger partial charge in [-0.3, -0.25) is 14.4 Å².